The van der Waals surface area contributed by atoms with Crippen LogP contribution in [0.25, 0.3) is 0 Å². The SMILES string of the molecule is O=C(O)N1C=C2SCCC2=CC1. The van der Waals surface area contributed by atoms with E-state index in [1.54, 1.807) is 18.0 Å². The van der Waals surface area contributed by atoms with E-state index in [4.69, 9.17) is 5.11 Å². The normalized spacial score (nSPS) is 21.5. The van der Waals surface area contributed by atoms with E-state index < -0.39 is 6.09 Å². The van der Waals surface area contributed by atoms with Gasteiger partial charge in [-0.15, -0.1) is 11.8 Å². The van der Waals surface area contributed by atoms with Gasteiger partial charge in [0.05, 0.1) is 0 Å². The first kappa shape index (κ1) is 7.73. The Morgan fingerprint density at radius 1 is 1.67 bits per heavy atom. The minimum absolute atomic E-state index is 0.509. The number of fused-ring (bicyclic) bond motifs is 1. The maximum absolute atomic E-state index is 10.6. The molecule has 12 heavy (non-hydrogen) atoms. The Labute approximate surface area is 74.7 Å². The number of rotatable bonds is 0. The van der Waals surface area contributed by atoms with Crippen LogP contribution in [-0.2, 0) is 0 Å². The molecular formula is C8H9NO2S. The molecule has 0 radical (unpaired) electrons. The molecular weight excluding hydrogens is 174 g/mol. The summed E-state index contributed by atoms with van der Waals surface area (Å²) < 4.78 is 0. The van der Waals surface area contributed by atoms with E-state index in [2.05, 4.69) is 0 Å². The van der Waals surface area contributed by atoms with E-state index in [0.29, 0.717) is 6.54 Å². The monoisotopic (exact) mass is 183 g/mol. The van der Waals surface area contributed by atoms with Crippen molar-refractivity contribution in [3.8, 4) is 0 Å². The largest absolute Gasteiger partial charge is 0.465 e. The Bertz CT molecular complexity index is 283. The summed E-state index contributed by atoms with van der Waals surface area (Å²) in [6.07, 6.45) is 3.95. The summed E-state index contributed by atoms with van der Waals surface area (Å²) in [7, 11) is 0. The molecule has 0 aromatic carbocycles. The van der Waals surface area contributed by atoms with Gasteiger partial charge in [0.1, 0.15) is 0 Å². The molecule has 0 unspecified atom stereocenters. The average Bonchev–Trinajstić information content (AvgIpc) is 2.49. The van der Waals surface area contributed by atoms with Gasteiger partial charge in [0.2, 0.25) is 0 Å². The summed E-state index contributed by atoms with van der Waals surface area (Å²) in [6.45, 7) is 0.509. The van der Waals surface area contributed by atoms with Gasteiger partial charge in [0.15, 0.2) is 0 Å². The van der Waals surface area contributed by atoms with Crippen LogP contribution in [0, 0.1) is 0 Å². The lowest BCUT2D eigenvalue weighted by molar-refractivity contribution is 0.166. The molecule has 0 atom stereocenters. The van der Waals surface area contributed by atoms with E-state index in [9.17, 15) is 4.79 Å². The van der Waals surface area contributed by atoms with Crippen molar-refractivity contribution >= 4 is 17.9 Å². The molecule has 4 heteroatoms. The molecule has 2 rings (SSSR count). The standard InChI is InChI=1S/C8H9NO2S/c10-8(11)9-3-1-6-2-4-12-7(6)5-9/h1,5H,2-4H2,(H,10,11). The molecule has 1 fully saturated rings. The Morgan fingerprint density at radius 3 is 3.25 bits per heavy atom. The number of carbonyl (C=O) groups is 1. The van der Waals surface area contributed by atoms with Crippen molar-refractivity contribution in [2.24, 2.45) is 0 Å². The zero-order valence-electron chi connectivity index (χ0n) is 6.49. The topological polar surface area (TPSA) is 40.5 Å². The second-order valence-corrected chi connectivity index (χ2v) is 3.89. The quantitative estimate of drug-likeness (QED) is 0.623. The van der Waals surface area contributed by atoms with Gasteiger partial charge in [-0.1, -0.05) is 6.08 Å². The molecule has 64 valence electrons. The molecule has 0 aromatic rings. The molecule has 0 spiro atoms. The van der Waals surface area contributed by atoms with Crippen LogP contribution in [0.5, 0.6) is 0 Å². The lowest BCUT2D eigenvalue weighted by Gasteiger charge is -2.18. The third-order valence-corrected chi connectivity index (χ3v) is 3.09. The highest BCUT2D eigenvalue weighted by atomic mass is 32.2. The van der Waals surface area contributed by atoms with Crippen molar-refractivity contribution in [2.75, 3.05) is 12.3 Å². The zero-order chi connectivity index (χ0) is 8.55. The van der Waals surface area contributed by atoms with Crippen LogP contribution >= 0.6 is 11.8 Å². The summed E-state index contributed by atoms with van der Waals surface area (Å²) in [5.41, 5.74) is 1.32. The first-order valence-corrected chi connectivity index (χ1v) is 4.79. The fraction of sp³-hybridized carbons (Fsp3) is 0.375. The number of carboxylic acid groups (broad SMARTS) is 1. The van der Waals surface area contributed by atoms with Crippen LogP contribution in [0.3, 0.4) is 0 Å². The third-order valence-electron chi connectivity index (χ3n) is 2.00. The molecule has 0 aromatic heterocycles. The molecule has 2 aliphatic heterocycles. The predicted octanol–water partition coefficient (Wildman–Crippen LogP) is 1.88. The predicted molar refractivity (Wildman–Crippen MR) is 48.0 cm³/mol. The van der Waals surface area contributed by atoms with Crippen molar-refractivity contribution in [1.82, 2.24) is 4.90 Å². The fourth-order valence-electron chi connectivity index (χ4n) is 1.35. The van der Waals surface area contributed by atoms with Gasteiger partial charge in [-0.3, -0.25) is 4.90 Å². The van der Waals surface area contributed by atoms with Crippen LogP contribution < -0.4 is 0 Å². The first-order valence-electron chi connectivity index (χ1n) is 3.81. The molecule has 3 nitrogen and oxygen atoms in total. The van der Waals surface area contributed by atoms with E-state index in [0.717, 1.165) is 17.1 Å². The number of hydrogen-bond donors (Lipinski definition) is 1. The summed E-state index contributed by atoms with van der Waals surface area (Å²) in [4.78, 5) is 13.0. The highest BCUT2D eigenvalue weighted by molar-refractivity contribution is 8.03. The van der Waals surface area contributed by atoms with Crippen molar-refractivity contribution in [1.29, 1.82) is 0 Å². The van der Waals surface area contributed by atoms with Gasteiger partial charge in [-0.2, -0.15) is 0 Å². The molecule has 0 saturated carbocycles. The van der Waals surface area contributed by atoms with Gasteiger partial charge >= 0.3 is 6.09 Å². The molecule has 1 amide bonds. The Kier molecular flexibility index (Phi) is 1.84. The smallest absolute Gasteiger partial charge is 0.411 e. The lowest BCUT2D eigenvalue weighted by atomic mass is 10.1. The van der Waals surface area contributed by atoms with Gasteiger partial charge in [-0.25, -0.2) is 4.79 Å². The minimum atomic E-state index is -0.870. The lowest BCUT2D eigenvalue weighted by Crippen LogP contribution is -2.26. The number of nitrogens with zero attached hydrogens (tertiary/aromatic N) is 1. The van der Waals surface area contributed by atoms with Gasteiger partial charge in [0.25, 0.3) is 0 Å². The van der Waals surface area contributed by atoms with Crippen LogP contribution in [0.4, 0.5) is 4.79 Å². The van der Waals surface area contributed by atoms with E-state index >= 15 is 0 Å². The van der Waals surface area contributed by atoms with Crippen LogP contribution in [-0.4, -0.2) is 28.4 Å². The van der Waals surface area contributed by atoms with Crippen molar-refractivity contribution in [3.63, 3.8) is 0 Å². The van der Waals surface area contributed by atoms with Crippen molar-refractivity contribution < 1.29 is 9.90 Å². The van der Waals surface area contributed by atoms with Crippen LogP contribution in [0.15, 0.2) is 22.8 Å². The molecule has 1 N–H and O–H groups in total. The number of hydrogen-bond acceptors (Lipinski definition) is 2. The summed E-state index contributed by atoms with van der Waals surface area (Å²) in [5, 5.41) is 8.70. The van der Waals surface area contributed by atoms with E-state index in [1.807, 2.05) is 6.08 Å². The van der Waals surface area contributed by atoms with Gasteiger partial charge < -0.3 is 5.11 Å². The summed E-state index contributed by atoms with van der Waals surface area (Å²) in [6, 6.07) is 0. The molecule has 2 aliphatic rings. The molecule has 0 aliphatic carbocycles. The fourth-order valence-corrected chi connectivity index (χ4v) is 2.46. The number of allylic oxidation sites excluding steroid dienone is 1. The first-order chi connectivity index (χ1) is 5.77. The van der Waals surface area contributed by atoms with Crippen molar-refractivity contribution in [2.45, 2.75) is 6.42 Å². The minimum Gasteiger partial charge on any atom is -0.465 e. The van der Waals surface area contributed by atoms with Gasteiger partial charge in [-0.05, 0) is 12.0 Å². The van der Waals surface area contributed by atoms with Crippen LogP contribution in [0.1, 0.15) is 6.42 Å². The summed E-state index contributed by atoms with van der Waals surface area (Å²) >= 11 is 1.74. The van der Waals surface area contributed by atoms with Crippen molar-refractivity contribution in [3.05, 3.63) is 22.8 Å². The second-order valence-electron chi connectivity index (χ2n) is 2.76. The van der Waals surface area contributed by atoms with Gasteiger partial charge in [0, 0.05) is 23.4 Å². The Morgan fingerprint density at radius 2 is 2.50 bits per heavy atom. The average molecular weight is 183 g/mol. The molecule has 0 bridgehead atoms. The maximum Gasteiger partial charge on any atom is 0.411 e. The third kappa shape index (κ3) is 1.22. The van der Waals surface area contributed by atoms with E-state index in [1.165, 1.54) is 10.5 Å². The highest BCUT2D eigenvalue weighted by Crippen LogP contribution is 2.37. The zero-order valence-corrected chi connectivity index (χ0v) is 7.30. The second kappa shape index (κ2) is 2.86. The molecule has 2 heterocycles. The highest BCUT2D eigenvalue weighted by Gasteiger charge is 2.21. The number of amides is 1. The molecule has 1 saturated heterocycles. The number of thioether (sulfide) groups is 1. The van der Waals surface area contributed by atoms with Crippen LogP contribution in [0.2, 0.25) is 0 Å². The summed E-state index contributed by atoms with van der Waals surface area (Å²) in [5.74, 6) is 1.09. The van der Waals surface area contributed by atoms with E-state index in [-0.39, 0.29) is 0 Å². The Balaban J connectivity index is 2.21. The Hall–Kier alpha value is -0.900. The maximum atomic E-state index is 10.6.